The fourth-order valence-corrected chi connectivity index (χ4v) is 11.7. The third kappa shape index (κ3) is 6.10. The Labute approximate surface area is 306 Å². The van der Waals surface area contributed by atoms with Crippen molar-refractivity contribution < 1.29 is 52.9 Å². The zero-order chi connectivity index (χ0) is 36.1. The standard InChI is InChI=1S/C39H58N2O11/c1-18-8-24-13-27-25-12-22(4-6-29(18)47-24)46-30(19(25)2)14-31-26(36(45-3)32(48-31)11-21(43)17-40)10-20(42)9-23-5-7-34-39(41,50-23)35-15-33(49-34)37-28(44)16-38(27,51-35)52-37/h21-37,43-44H,1-2,4-17,40-41H2,3H3/t21-,22-,23+,24+,25+,26-,27?,28+,29-,30+,31-,32+,33+,34-,35+,36+,37-,38-,39-/m0/s1. The molecule has 11 bridgehead atoms. The monoisotopic (exact) mass is 730 g/mol. The molecule has 9 fully saturated rings. The van der Waals surface area contributed by atoms with Crippen LogP contribution in [0, 0.1) is 17.8 Å². The van der Waals surface area contributed by atoms with Crippen LogP contribution in [0.4, 0.5) is 0 Å². The normalized spacial score (nSPS) is 53.6. The molecule has 0 aromatic carbocycles. The van der Waals surface area contributed by atoms with E-state index in [-0.39, 0.29) is 73.8 Å². The molecule has 0 aliphatic carbocycles. The van der Waals surface area contributed by atoms with E-state index in [1.165, 1.54) is 0 Å². The molecule has 9 heterocycles. The Balaban J connectivity index is 1.14. The number of rotatable bonds is 4. The van der Waals surface area contributed by atoms with Gasteiger partial charge in [0.15, 0.2) is 11.5 Å². The van der Waals surface area contributed by atoms with Gasteiger partial charge in [0.05, 0.1) is 67.1 Å². The number of Topliss-reactive ketones (excluding diaryl/α,β-unsaturated/α-hetero) is 1. The SMILES string of the molecule is C=C1C[C@@H]2CC3[C@@H]4C[C@H](CC[C@@H]1O2)O[C@H](C[C@@H]1O[C@H](C[C@H](O)CN)[C@H](OC)[C@H]1CC(=O)C[C@H]1CC[C@@H]2O[C@@H]5C[C@@H](O[C@]36C[C@@H](O)[C@@H]5O6)[C@@]2(N)O1)C4=C. The van der Waals surface area contributed by atoms with Gasteiger partial charge in [0.1, 0.15) is 24.1 Å². The van der Waals surface area contributed by atoms with Crippen molar-refractivity contribution in [1.29, 1.82) is 0 Å². The number of ketones is 1. The highest BCUT2D eigenvalue weighted by molar-refractivity contribution is 5.79. The smallest absolute Gasteiger partial charge is 0.175 e. The predicted octanol–water partition coefficient (Wildman–Crippen LogP) is 1.93. The van der Waals surface area contributed by atoms with Gasteiger partial charge in [0.2, 0.25) is 0 Å². The fourth-order valence-electron chi connectivity index (χ4n) is 11.7. The number of aliphatic hydroxyl groups is 2. The molecule has 290 valence electrons. The quantitative estimate of drug-likeness (QED) is 0.308. The number of hydrogen-bond donors (Lipinski definition) is 4. The lowest BCUT2D eigenvalue weighted by Crippen LogP contribution is -2.71. The Bertz CT molecular complexity index is 1420. The highest BCUT2D eigenvalue weighted by atomic mass is 16.7. The number of methoxy groups -OCH3 is 1. The van der Waals surface area contributed by atoms with Crippen LogP contribution in [0.15, 0.2) is 24.3 Å². The zero-order valence-corrected chi connectivity index (χ0v) is 30.4. The van der Waals surface area contributed by atoms with Gasteiger partial charge in [0.25, 0.3) is 0 Å². The molecule has 1 spiro atoms. The van der Waals surface area contributed by atoms with Crippen molar-refractivity contribution in [2.75, 3.05) is 13.7 Å². The Morgan fingerprint density at radius 1 is 0.885 bits per heavy atom. The minimum absolute atomic E-state index is 0.0373. The molecular formula is C39H58N2O11. The summed E-state index contributed by atoms with van der Waals surface area (Å²) >= 11 is 0. The topological polar surface area (TPSA) is 183 Å². The van der Waals surface area contributed by atoms with Gasteiger partial charge in [-0.2, -0.15) is 0 Å². The second-order valence-corrected chi connectivity index (χ2v) is 17.4. The van der Waals surface area contributed by atoms with Gasteiger partial charge in [-0.05, 0) is 62.0 Å². The first-order valence-electron chi connectivity index (χ1n) is 19.9. The molecule has 9 saturated heterocycles. The van der Waals surface area contributed by atoms with Crippen molar-refractivity contribution in [2.24, 2.45) is 29.2 Å². The lowest BCUT2D eigenvalue weighted by Gasteiger charge is -2.54. The van der Waals surface area contributed by atoms with Gasteiger partial charge in [-0.15, -0.1) is 0 Å². The van der Waals surface area contributed by atoms with Crippen LogP contribution in [0.3, 0.4) is 0 Å². The van der Waals surface area contributed by atoms with Crippen molar-refractivity contribution in [3.8, 4) is 0 Å². The van der Waals surface area contributed by atoms with Crippen LogP contribution in [0.5, 0.6) is 0 Å². The first kappa shape index (κ1) is 36.3. The largest absolute Gasteiger partial charge is 0.392 e. The average molecular weight is 731 g/mol. The molecular weight excluding hydrogens is 672 g/mol. The van der Waals surface area contributed by atoms with E-state index in [1.54, 1.807) is 7.11 Å². The minimum Gasteiger partial charge on any atom is -0.392 e. The van der Waals surface area contributed by atoms with Gasteiger partial charge in [-0.25, -0.2) is 0 Å². The van der Waals surface area contributed by atoms with Gasteiger partial charge in [-0.3, -0.25) is 10.5 Å². The number of fused-ring (bicyclic) bond motifs is 9. The van der Waals surface area contributed by atoms with E-state index in [4.69, 9.17) is 55.9 Å². The molecule has 0 amide bonds. The highest BCUT2D eigenvalue weighted by Crippen LogP contribution is 2.57. The van der Waals surface area contributed by atoms with E-state index in [2.05, 4.69) is 6.58 Å². The number of aliphatic hydroxyl groups excluding tert-OH is 2. The van der Waals surface area contributed by atoms with E-state index < -0.39 is 72.6 Å². The number of hydrogen-bond acceptors (Lipinski definition) is 13. The number of ether oxygens (including phenoxy) is 8. The Hall–Kier alpha value is -1.33. The minimum atomic E-state index is -1.31. The van der Waals surface area contributed by atoms with Crippen molar-refractivity contribution in [3.63, 3.8) is 0 Å². The number of carbonyl (C=O) groups excluding carboxylic acids is 1. The Kier molecular flexibility index (Phi) is 9.57. The third-order valence-electron chi connectivity index (χ3n) is 14.2. The molecule has 0 saturated carbocycles. The third-order valence-corrected chi connectivity index (χ3v) is 14.2. The van der Waals surface area contributed by atoms with E-state index in [0.717, 1.165) is 36.8 Å². The van der Waals surface area contributed by atoms with Crippen LogP contribution in [0.25, 0.3) is 0 Å². The molecule has 6 N–H and O–H groups in total. The van der Waals surface area contributed by atoms with Crippen molar-refractivity contribution in [2.45, 2.75) is 180 Å². The van der Waals surface area contributed by atoms with Crippen LogP contribution in [-0.2, 0) is 42.7 Å². The molecule has 13 heteroatoms. The van der Waals surface area contributed by atoms with E-state index in [0.29, 0.717) is 38.5 Å². The fraction of sp³-hybridized carbons (Fsp3) is 0.872. The van der Waals surface area contributed by atoms with Crippen molar-refractivity contribution >= 4 is 5.78 Å². The maximum atomic E-state index is 14.0. The molecule has 19 atom stereocenters. The summed E-state index contributed by atoms with van der Waals surface area (Å²) in [6.45, 7) is 9.25. The molecule has 0 aromatic rings. The first-order valence-corrected chi connectivity index (χ1v) is 19.9. The molecule has 9 rings (SSSR count). The van der Waals surface area contributed by atoms with Crippen LogP contribution in [0.2, 0.25) is 0 Å². The average Bonchev–Trinajstić information content (AvgIpc) is 3.70. The van der Waals surface area contributed by atoms with Crippen LogP contribution in [0.1, 0.15) is 83.5 Å². The molecule has 52 heavy (non-hydrogen) atoms. The molecule has 1 unspecified atom stereocenters. The summed E-state index contributed by atoms with van der Waals surface area (Å²) in [5.74, 6) is -1.81. The first-order chi connectivity index (χ1) is 25.0. The zero-order valence-electron chi connectivity index (χ0n) is 30.4. The van der Waals surface area contributed by atoms with E-state index >= 15 is 0 Å². The number of carbonyl (C=O) groups is 1. The van der Waals surface area contributed by atoms with Gasteiger partial charge in [-0.1, -0.05) is 13.2 Å². The molecule has 9 aliphatic rings. The number of nitrogens with two attached hydrogens (primary N) is 2. The van der Waals surface area contributed by atoms with E-state index in [9.17, 15) is 15.0 Å². The molecule has 0 aromatic heterocycles. The second-order valence-electron chi connectivity index (χ2n) is 17.4. The summed E-state index contributed by atoms with van der Waals surface area (Å²) in [7, 11) is 1.64. The van der Waals surface area contributed by atoms with Gasteiger partial charge >= 0.3 is 0 Å². The van der Waals surface area contributed by atoms with Crippen LogP contribution >= 0.6 is 0 Å². The summed E-state index contributed by atoms with van der Waals surface area (Å²) in [6, 6.07) is 0. The molecule has 13 nitrogen and oxygen atoms in total. The second kappa shape index (κ2) is 13.7. The predicted molar refractivity (Wildman–Crippen MR) is 185 cm³/mol. The van der Waals surface area contributed by atoms with Crippen LogP contribution in [-0.4, -0.2) is 127 Å². The summed E-state index contributed by atoms with van der Waals surface area (Å²) in [4.78, 5) is 14.0. The lowest BCUT2D eigenvalue weighted by atomic mass is 9.69. The summed E-state index contributed by atoms with van der Waals surface area (Å²) in [6.07, 6.45) is 0.842. The van der Waals surface area contributed by atoms with Crippen molar-refractivity contribution in [3.05, 3.63) is 24.3 Å². The summed E-state index contributed by atoms with van der Waals surface area (Å²) in [5.41, 5.74) is 13.8. The lowest BCUT2D eigenvalue weighted by molar-refractivity contribution is -0.330. The highest BCUT2D eigenvalue weighted by Gasteiger charge is 2.67. The van der Waals surface area contributed by atoms with Crippen LogP contribution < -0.4 is 11.5 Å². The van der Waals surface area contributed by atoms with Crippen molar-refractivity contribution in [1.82, 2.24) is 0 Å². The Morgan fingerprint density at radius 2 is 1.69 bits per heavy atom. The summed E-state index contributed by atoms with van der Waals surface area (Å²) < 4.78 is 54.1. The Morgan fingerprint density at radius 3 is 2.50 bits per heavy atom. The maximum absolute atomic E-state index is 14.0. The molecule has 9 aliphatic heterocycles. The van der Waals surface area contributed by atoms with E-state index in [1.807, 2.05) is 0 Å². The van der Waals surface area contributed by atoms with Gasteiger partial charge in [0, 0.05) is 64.0 Å². The van der Waals surface area contributed by atoms with Gasteiger partial charge < -0.3 is 53.8 Å². The molecule has 0 radical (unpaired) electrons. The maximum Gasteiger partial charge on any atom is 0.175 e. The summed E-state index contributed by atoms with van der Waals surface area (Å²) in [5, 5.41) is 22.3.